The maximum absolute atomic E-state index is 13.1. The van der Waals surface area contributed by atoms with E-state index in [0.29, 0.717) is 18.5 Å². The molecule has 2 aromatic rings. The molecule has 2 bridgehead atoms. The van der Waals surface area contributed by atoms with Crippen LogP contribution in [0.25, 0.3) is 10.9 Å². The highest BCUT2D eigenvalue weighted by Crippen LogP contribution is 2.37. The topological polar surface area (TPSA) is 68.6 Å². The minimum atomic E-state index is -0.514. The second-order valence-corrected chi connectivity index (χ2v) is 9.31. The largest absolute Gasteiger partial charge is 0.459 e. The number of esters is 1. The number of halogens is 1. The molecule has 0 amide bonds. The van der Waals surface area contributed by atoms with E-state index in [4.69, 9.17) is 4.74 Å². The zero-order chi connectivity index (χ0) is 22.1. The summed E-state index contributed by atoms with van der Waals surface area (Å²) in [4.78, 5) is 39.9. The average Bonchev–Trinajstić information content (AvgIpc) is 2.95. The number of carbonyl (C=O) groups is 2. The van der Waals surface area contributed by atoms with E-state index in [1.54, 1.807) is 17.6 Å². The summed E-state index contributed by atoms with van der Waals surface area (Å²) in [6, 6.07) is 10.0. The molecule has 1 aromatic heterocycles. The van der Waals surface area contributed by atoms with Crippen LogP contribution in [0.3, 0.4) is 0 Å². The van der Waals surface area contributed by atoms with E-state index in [0.717, 1.165) is 49.6 Å². The Bertz CT molecular complexity index is 1030. The van der Waals surface area contributed by atoms with Crippen molar-refractivity contribution in [2.75, 3.05) is 6.54 Å². The number of nitrogens with zero attached hydrogens (tertiary/aromatic N) is 2. The van der Waals surface area contributed by atoms with Gasteiger partial charge in [-0.1, -0.05) is 18.2 Å². The van der Waals surface area contributed by atoms with Crippen LogP contribution in [0, 0.1) is 0 Å². The minimum absolute atomic E-state index is 0. The number of aromatic nitrogens is 1. The molecule has 2 unspecified atom stereocenters. The molecule has 174 valence electrons. The van der Waals surface area contributed by atoms with Gasteiger partial charge >= 0.3 is 5.97 Å². The molecule has 2 aliphatic rings. The first-order chi connectivity index (χ1) is 14.8. The predicted octanol–water partition coefficient (Wildman–Crippen LogP) is 4.53. The molecule has 2 atom stereocenters. The molecule has 2 aliphatic heterocycles. The highest BCUT2D eigenvalue weighted by atomic mass is 35.5. The third-order valence-corrected chi connectivity index (χ3v) is 6.74. The second kappa shape index (κ2) is 10.2. The van der Waals surface area contributed by atoms with Gasteiger partial charge in [-0.2, -0.15) is 0 Å². The fourth-order valence-corrected chi connectivity index (χ4v) is 5.36. The Morgan fingerprint density at radius 1 is 1.12 bits per heavy atom. The molecular weight excluding hydrogens is 428 g/mol. The number of piperidine rings is 1. The van der Waals surface area contributed by atoms with Gasteiger partial charge in [-0.05, 0) is 64.1 Å². The summed E-state index contributed by atoms with van der Waals surface area (Å²) < 4.78 is 7.55. The number of rotatable bonds is 7. The van der Waals surface area contributed by atoms with Crippen LogP contribution in [0.5, 0.6) is 0 Å². The minimum Gasteiger partial charge on any atom is -0.459 e. The summed E-state index contributed by atoms with van der Waals surface area (Å²) in [6.45, 7) is 6.46. The SMILES string of the molecule is CC(=O)CCCN1C2CCC1CC(OC(=O)c1cc3ccccc3n(C(C)C)c1=O)C2.Cl. The number of hydrogen-bond acceptors (Lipinski definition) is 5. The number of para-hydroxylation sites is 1. The van der Waals surface area contributed by atoms with Crippen molar-refractivity contribution < 1.29 is 14.3 Å². The molecule has 32 heavy (non-hydrogen) atoms. The van der Waals surface area contributed by atoms with Crippen LogP contribution in [0.15, 0.2) is 35.1 Å². The van der Waals surface area contributed by atoms with Gasteiger partial charge in [-0.15, -0.1) is 12.4 Å². The van der Waals surface area contributed by atoms with E-state index in [2.05, 4.69) is 4.90 Å². The van der Waals surface area contributed by atoms with Crippen molar-refractivity contribution in [1.29, 1.82) is 0 Å². The Kier molecular flexibility index (Phi) is 7.78. The van der Waals surface area contributed by atoms with Crippen molar-refractivity contribution in [2.24, 2.45) is 0 Å². The van der Waals surface area contributed by atoms with Crippen molar-refractivity contribution >= 4 is 35.1 Å². The summed E-state index contributed by atoms with van der Waals surface area (Å²) in [5.41, 5.74) is 0.655. The Labute approximate surface area is 195 Å². The summed E-state index contributed by atoms with van der Waals surface area (Å²) in [6.07, 6.45) is 5.16. The Hall–Kier alpha value is -2.18. The van der Waals surface area contributed by atoms with Crippen LogP contribution in [-0.2, 0) is 9.53 Å². The lowest BCUT2D eigenvalue weighted by Gasteiger charge is -2.38. The van der Waals surface area contributed by atoms with Crippen LogP contribution in [-0.4, -0.2) is 46.0 Å². The number of fused-ring (bicyclic) bond motifs is 3. The molecule has 6 nitrogen and oxygen atoms in total. The molecule has 0 radical (unpaired) electrons. The number of Topliss-reactive ketones (excluding diaryl/α,β-unsaturated/α-hetero) is 1. The van der Waals surface area contributed by atoms with E-state index >= 15 is 0 Å². The molecule has 2 saturated heterocycles. The van der Waals surface area contributed by atoms with Crippen molar-refractivity contribution in [3.63, 3.8) is 0 Å². The molecule has 7 heteroatoms. The standard InChI is InChI=1S/C25H32N2O4.ClH/c1-16(2)27-23-9-5-4-8-18(23)13-22(24(27)29)25(30)31-21-14-19-10-11-20(15-21)26(19)12-6-7-17(3)28;/h4-5,8-9,13,16,19-21H,6-7,10-12,14-15H2,1-3H3;1H. The number of ether oxygens (including phenoxy) is 1. The Balaban J connectivity index is 0.00000289. The quantitative estimate of drug-likeness (QED) is 0.568. The third-order valence-electron chi connectivity index (χ3n) is 6.74. The van der Waals surface area contributed by atoms with Gasteiger partial charge in [0.2, 0.25) is 0 Å². The normalized spacial score (nSPS) is 22.7. The molecule has 0 aliphatic carbocycles. The van der Waals surface area contributed by atoms with Gasteiger partial charge in [0.05, 0.1) is 5.52 Å². The average molecular weight is 461 g/mol. The van der Waals surface area contributed by atoms with Crippen molar-refractivity contribution in [2.45, 2.75) is 83.5 Å². The van der Waals surface area contributed by atoms with Crippen LogP contribution in [0.1, 0.15) is 75.7 Å². The second-order valence-electron chi connectivity index (χ2n) is 9.31. The Morgan fingerprint density at radius 2 is 1.78 bits per heavy atom. The van der Waals surface area contributed by atoms with E-state index in [1.165, 1.54) is 0 Å². The van der Waals surface area contributed by atoms with E-state index < -0.39 is 5.97 Å². The number of ketones is 1. The lowest BCUT2D eigenvalue weighted by atomic mass is 9.99. The van der Waals surface area contributed by atoms with Gasteiger partial charge in [0.15, 0.2) is 0 Å². The third kappa shape index (κ3) is 4.91. The number of benzene rings is 1. The van der Waals surface area contributed by atoms with Gasteiger partial charge in [-0.3, -0.25) is 9.69 Å². The van der Waals surface area contributed by atoms with Gasteiger partial charge in [-0.25, -0.2) is 4.79 Å². The first-order valence-corrected chi connectivity index (χ1v) is 11.5. The first kappa shape index (κ1) is 24.5. The van der Waals surface area contributed by atoms with E-state index in [1.807, 2.05) is 38.1 Å². The lowest BCUT2D eigenvalue weighted by Crippen LogP contribution is -2.46. The lowest BCUT2D eigenvalue weighted by molar-refractivity contribution is -0.117. The molecule has 3 heterocycles. The monoisotopic (exact) mass is 460 g/mol. The fraction of sp³-hybridized carbons (Fsp3) is 0.560. The first-order valence-electron chi connectivity index (χ1n) is 11.5. The number of pyridine rings is 1. The summed E-state index contributed by atoms with van der Waals surface area (Å²) >= 11 is 0. The van der Waals surface area contributed by atoms with Gasteiger partial charge in [0.25, 0.3) is 5.56 Å². The number of carbonyl (C=O) groups excluding carboxylic acids is 2. The molecule has 0 N–H and O–H groups in total. The summed E-state index contributed by atoms with van der Waals surface area (Å²) in [5, 5.41) is 0.864. The maximum Gasteiger partial charge on any atom is 0.344 e. The van der Waals surface area contributed by atoms with Gasteiger partial charge in [0.1, 0.15) is 17.5 Å². The highest BCUT2D eigenvalue weighted by molar-refractivity contribution is 5.94. The van der Waals surface area contributed by atoms with Crippen molar-refractivity contribution in [3.8, 4) is 0 Å². The van der Waals surface area contributed by atoms with Crippen LogP contribution >= 0.6 is 12.4 Å². The van der Waals surface area contributed by atoms with E-state index in [-0.39, 0.29) is 41.5 Å². The van der Waals surface area contributed by atoms with E-state index in [9.17, 15) is 14.4 Å². The zero-order valence-corrected chi connectivity index (χ0v) is 19.9. The predicted molar refractivity (Wildman–Crippen MR) is 128 cm³/mol. The fourth-order valence-electron chi connectivity index (χ4n) is 5.36. The molecular formula is C25H33ClN2O4. The van der Waals surface area contributed by atoms with Crippen molar-refractivity contribution in [1.82, 2.24) is 9.47 Å². The van der Waals surface area contributed by atoms with Crippen LogP contribution < -0.4 is 5.56 Å². The summed E-state index contributed by atoms with van der Waals surface area (Å²) in [7, 11) is 0. The summed E-state index contributed by atoms with van der Waals surface area (Å²) in [5.74, 6) is -0.279. The van der Waals surface area contributed by atoms with Crippen LogP contribution in [0.2, 0.25) is 0 Å². The molecule has 2 fully saturated rings. The zero-order valence-electron chi connectivity index (χ0n) is 19.1. The van der Waals surface area contributed by atoms with Gasteiger partial charge in [0, 0.05) is 37.4 Å². The molecule has 4 rings (SSSR count). The van der Waals surface area contributed by atoms with Crippen molar-refractivity contribution in [3.05, 3.63) is 46.2 Å². The Morgan fingerprint density at radius 3 is 2.41 bits per heavy atom. The van der Waals surface area contributed by atoms with Gasteiger partial charge < -0.3 is 14.1 Å². The highest BCUT2D eigenvalue weighted by Gasteiger charge is 2.41. The molecule has 0 spiro atoms. The van der Waals surface area contributed by atoms with Crippen LogP contribution in [0.4, 0.5) is 0 Å². The smallest absolute Gasteiger partial charge is 0.344 e. The maximum atomic E-state index is 13.1. The number of hydrogen-bond donors (Lipinski definition) is 0. The molecule has 1 aromatic carbocycles. The molecule has 0 saturated carbocycles.